The highest BCUT2D eigenvalue weighted by Gasteiger charge is 2.43. The average Bonchev–Trinajstić information content (AvgIpc) is 2.67. The van der Waals surface area contributed by atoms with Gasteiger partial charge in [-0.15, -0.1) is 0 Å². The Hall–Kier alpha value is -1.72. The molecule has 0 saturated carbocycles. The number of nitrogens with one attached hydrogen (secondary N) is 1. The molecule has 10 heteroatoms. The molecule has 0 amide bonds. The largest absolute Gasteiger partial charge is 0.394 e. The maximum atomic E-state index is 11.7. The molecule has 2 heterocycles. The van der Waals surface area contributed by atoms with Gasteiger partial charge >= 0.3 is 5.69 Å². The number of hydrazine groups is 1. The van der Waals surface area contributed by atoms with Gasteiger partial charge in [-0.05, 0) is 0 Å². The molecule has 0 unspecified atom stereocenters. The van der Waals surface area contributed by atoms with Crippen LogP contribution in [0.2, 0.25) is 0 Å². The summed E-state index contributed by atoms with van der Waals surface area (Å²) in [6.07, 6.45) is -3.65. The SMILES string of the molecule is NNc1cn([C@@H]2O[C@H](CO)[C@@H](O)[C@H]2O)c(=O)nc1N. The van der Waals surface area contributed by atoms with E-state index in [1.807, 2.05) is 0 Å². The number of aromatic nitrogens is 2. The third-order valence-corrected chi connectivity index (χ3v) is 2.93. The molecule has 0 aromatic carbocycles. The summed E-state index contributed by atoms with van der Waals surface area (Å²) in [5.74, 6) is 5.10. The van der Waals surface area contributed by atoms with Gasteiger partial charge in [-0.1, -0.05) is 0 Å². The van der Waals surface area contributed by atoms with E-state index in [-0.39, 0.29) is 11.5 Å². The minimum absolute atomic E-state index is 0.101. The number of rotatable bonds is 3. The molecule has 1 saturated heterocycles. The molecule has 1 aliphatic heterocycles. The van der Waals surface area contributed by atoms with Crippen LogP contribution in [0.15, 0.2) is 11.0 Å². The zero-order valence-electron chi connectivity index (χ0n) is 9.80. The predicted octanol–water partition coefficient (Wildman–Crippen LogP) is -3.28. The summed E-state index contributed by atoms with van der Waals surface area (Å²) in [6, 6.07) is 0. The number of anilines is 2. The second-order valence-corrected chi connectivity index (χ2v) is 4.10. The van der Waals surface area contributed by atoms with E-state index in [2.05, 4.69) is 10.4 Å². The van der Waals surface area contributed by atoms with Gasteiger partial charge in [-0.25, -0.2) is 4.79 Å². The molecule has 1 fully saturated rings. The van der Waals surface area contributed by atoms with E-state index in [1.165, 1.54) is 6.20 Å². The van der Waals surface area contributed by atoms with Crippen LogP contribution >= 0.6 is 0 Å². The fourth-order valence-electron chi connectivity index (χ4n) is 1.88. The summed E-state index contributed by atoms with van der Waals surface area (Å²) < 4.78 is 6.14. The number of hydrogen-bond donors (Lipinski definition) is 6. The molecule has 8 N–H and O–H groups in total. The number of nitrogens with two attached hydrogens (primary N) is 2. The number of nitrogens with zero attached hydrogens (tertiary/aromatic N) is 2. The first kappa shape index (κ1) is 13.7. The van der Waals surface area contributed by atoms with E-state index in [1.54, 1.807) is 0 Å². The number of hydrogen-bond acceptors (Lipinski definition) is 9. The van der Waals surface area contributed by atoms with Gasteiger partial charge in [0.2, 0.25) is 0 Å². The molecular formula is C9H15N5O5. The highest BCUT2D eigenvalue weighted by Crippen LogP contribution is 2.28. The van der Waals surface area contributed by atoms with Gasteiger partial charge in [0, 0.05) is 6.20 Å². The first-order chi connectivity index (χ1) is 8.99. The van der Waals surface area contributed by atoms with E-state index < -0.39 is 36.8 Å². The van der Waals surface area contributed by atoms with Crippen molar-refractivity contribution in [1.29, 1.82) is 0 Å². The monoisotopic (exact) mass is 273 g/mol. The summed E-state index contributed by atoms with van der Waals surface area (Å²) in [7, 11) is 0. The standard InChI is InChI=1S/C9H15N5O5/c10-7-3(13-11)1-14(9(18)12-7)8-6(17)5(16)4(2-15)19-8/h1,4-6,8,13,15-17H,2,11H2,(H2,10,12,18)/t4-,5-,6-,8-/m1/s1. The normalized spacial score (nSPS) is 30.5. The Kier molecular flexibility index (Phi) is 3.68. The summed E-state index contributed by atoms with van der Waals surface area (Å²) in [5, 5.41) is 28.4. The van der Waals surface area contributed by atoms with Crippen LogP contribution in [0.3, 0.4) is 0 Å². The van der Waals surface area contributed by atoms with Crippen LogP contribution in [0.4, 0.5) is 11.5 Å². The van der Waals surface area contributed by atoms with Gasteiger partial charge in [0.1, 0.15) is 24.0 Å². The minimum atomic E-state index is -1.38. The number of ether oxygens (including phenoxy) is 1. The Morgan fingerprint density at radius 2 is 2.16 bits per heavy atom. The summed E-state index contributed by atoms with van der Waals surface area (Å²) >= 11 is 0. The lowest BCUT2D eigenvalue weighted by molar-refractivity contribution is -0.0548. The number of aliphatic hydroxyl groups is 3. The minimum Gasteiger partial charge on any atom is -0.394 e. The lowest BCUT2D eigenvalue weighted by Gasteiger charge is -2.18. The van der Waals surface area contributed by atoms with Crippen LogP contribution in [0, 0.1) is 0 Å². The van der Waals surface area contributed by atoms with Crippen molar-refractivity contribution >= 4 is 11.5 Å². The molecule has 10 nitrogen and oxygen atoms in total. The molecule has 0 aliphatic carbocycles. The Bertz CT molecular complexity index is 520. The van der Waals surface area contributed by atoms with E-state index in [9.17, 15) is 15.0 Å². The van der Waals surface area contributed by atoms with Crippen LogP contribution in [0.25, 0.3) is 0 Å². The molecule has 1 aromatic rings. The topological polar surface area (TPSA) is 169 Å². The van der Waals surface area contributed by atoms with Gasteiger partial charge in [0.25, 0.3) is 0 Å². The quantitative estimate of drug-likeness (QED) is 0.244. The summed E-state index contributed by atoms with van der Waals surface area (Å²) in [4.78, 5) is 15.2. The second kappa shape index (κ2) is 5.11. The van der Waals surface area contributed by atoms with Gasteiger partial charge in [0.05, 0.1) is 6.61 Å². The average molecular weight is 273 g/mol. The van der Waals surface area contributed by atoms with Gasteiger partial charge in [-0.2, -0.15) is 4.98 Å². The first-order valence-corrected chi connectivity index (χ1v) is 5.47. The van der Waals surface area contributed by atoms with Crippen molar-refractivity contribution in [3.63, 3.8) is 0 Å². The zero-order valence-corrected chi connectivity index (χ0v) is 9.80. The Balaban J connectivity index is 2.40. The van der Waals surface area contributed by atoms with Crippen molar-refractivity contribution in [3.05, 3.63) is 16.7 Å². The number of nitrogen functional groups attached to an aromatic ring is 2. The summed E-state index contributed by atoms with van der Waals surface area (Å²) in [5.41, 5.74) is 7.09. The fourth-order valence-corrected chi connectivity index (χ4v) is 1.88. The lowest BCUT2D eigenvalue weighted by atomic mass is 10.1. The van der Waals surface area contributed by atoms with Crippen LogP contribution < -0.4 is 22.7 Å². The molecule has 4 atom stereocenters. The molecule has 106 valence electrons. The third-order valence-electron chi connectivity index (χ3n) is 2.93. The van der Waals surface area contributed by atoms with Crippen LogP contribution in [0.1, 0.15) is 6.23 Å². The first-order valence-electron chi connectivity index (χ1n) is 5.47. The molecule has 1 aliphatic rings. The van der Waals surface area contributed by atoms with Crippen molar-refractivity contribution in [3.8, 4) is 0 Å². The molecule has 2 rings (SSSR count). The molecular weight excluding hydrogens is 258 g/mol. The molecule has 0 radical (unpaired) electrons. The highest BCUT2D eigenvalue weighted by molar-refractivity contribution is 5.58. The van der Waals surface area contributed by atoms with E-state index >= 15 is 0 Å². The van der Waals surface area contributed by atoms with Crippen LogP contribution in [-0.4, -0.2) is 49.8 Å². The van der Waals surface area contributed by atoms with Crippen molar-refractivity contribution in [2.75, 3.05) is 17.8 Å². The van der Waals surface area contributed by atoms with Crippen molar-refractivity contribution in [1.82, 2.24) is 9.55 Å². The number of aliphatic hydroxyl groups excluding tert-OH is 3. The fraction of sp³-hybridized carbons (Fsp3) is 0.556. The van der Waals surface area contributed by atoms with Crippen LogP contribution in [0.5, 0.6) is 0 Å². The van der Waals surface area contributed by atoms with E-state index in [4.69, 9.17) is 21.4 Å². The third kappa shape index (κ3) is 2.27. The Morgan fingerprint density at radius 3 is 2.68 bits per heavy atom. The smallest absolute Gasteiger partial charge is 0.351 e. The van der Waals surface area contributed by atoms with Crippen molar-refractivity contribution in [2.45, 2.75) is 24.5 Å². The van der Waals surface area contributed by atoms with Crippen LogP contribution in [-0.2, 0) is 4.74 Å². The molecule has 0 bridgehead atoms. The second-order valence-electron chi connectivity index (χ2n) is 4.10. The predicted molar refractivity (Wildman–Crippen MR) is 63.7 cm³/mol. The molecule has 1 aromatic heterocycles. The van der Waals surface area contributed by atoms with Gasteiger partial charge in [-0.3, -0.25) is 10.4 Å². The van der Waals surface area contributed by atoms with Crippen molar-refractivity contribution < 1.29 is 20.1 Å². The maximum absolute atomic E-state index is 11.7. The highest BCUT2D eigenvalue weighted by atomic mass is 16.6. The summed E-state index contributed by atoms with van der Waals surface area (Å²) in [6.45, 7) is -0.492. The van der Waals surface area contributed by atoms with E-state index in [0.29, 0.717) is 0 Å². The van der Waals surface area contributed by atoms with Gasteiger partial charge in [0.15, 0.2) is 12.0 Å². The Morgan fingerprint density at radius 1 is 1.47 bits per heavy atom. The van der Waals surface area contributed by atoms with E-state index in [0.717, 1.165) is 4.57 Å². The van der Waals surface area contributed by atoms with Crippen molar-refractivity contribution in [2.24, 2.45) is 5.84 Å². The molecule has 0 spiro atoms. The maximum Gasteiger partial charge on any atom is 0.351 e. The lowest BCUT2D eigenvalue weighted by Crippen LogP contribution is -2.36. The van der Waals surface area contributed by atoms with Gasteiger partial charge < -0.3 is 31.2 Å². The molecule has 19 heavy (non-hydrogen) atoms. The zero-order chi connectivity index (χ0) is 14.2. The Labute approximate surface area is 107 Å².